The minimum atomic E-state index is 0.680. The highest BCUT2D eigenvalue weighted by atomic mass is 14.3. The highest BCUT2D eigenvalue weighted by molar-refractivity contribution is 4.99. The van der Waals surface area contributed by atoms with Crippen LogP contribution in [0.1, 0.15) is 93.4 Å². The normalized spacial score (nSPS) is 19.9. The molecule has 0 N–H and O–H groups in total. The first-order valence-corrected chi connectivity index (χ1v) is 9.05. The second-order valence-corrected chi connectivity index (χ2v) is 6.02. The topological polar surface area (TPSA) is 0 Å². The van der Waals surface area contributed by atoms with Crippen molar-refractivity contribution in [2.75, 3.05) is 0 Å². The largest absolute Gasteiger partial charge is 0.124 e. The van der Waals surface area contributed by atoms with Crippen LogP contribution >= 0.6 is 0 Å². The summed E-state index contributed by atoms with van der Waals surface area (Å²) in [5, 5.41) is 0. The smallest absolute Gasteiger partial charge is 0.0263 e. The van der Waals surface area contributed by atoms with E-state index in [0.717, 1.165) is 11.8 Å². The Balaban J connectivity index is -0.000000399. The van der Waals surface area contributed by atoms with Crippen LogP contribution in [0.15, 0.2) is 12.2 Å². The third-order valence-electron chi connectivity index (χ3n) is 3.91. The molecule has 0 nitrogen and oxygen atoms in total. The predicted octanol–water partition coefficient (Wildman–Crippen LogP) is 7.50. The summed E-state index contributed by atoms with van der Waals surface area (Å²) in [5.41, 5.74) is 1.46. The fourth-order valence-corrected chi connectivity index (χ4v) is 2.45. The van der Waals surface area contributed by atoms with Crippen molar-refractivity contribution in [2.24, 2.45) is 17.8 Å². The van der Waals surface area contributed by atoms with Gasteiger partial charge in [0.1, 0.15) is 0 Å². The van der Waals surface area contributed by atoms with Crippen LogP contribution in [0.3, 0.4) is 0 Å². The van der Waals surface area contributed by atoms with E-state index >= 15 is 0 Å². The molecule has 0 radical (unpaired) electrons. The minimum absolute atomic E-state index is 0.680. The van der Waals surface area contributed by atoms with Gasteiger partial charge in [0.2, 0.25) is 0 Å². The molecular formula is C21H42. The van der Waals surface area contributed by atoms with Crippen molar-refractivity contribution in [2.45, 2.75) is 93.4 Å². The van der Waals surface area contributed by atoms with Crippen LogP contribution in [0.5, 0.6) is 0 Å². The molecule has 0 atom stereocenters. The van der Waals surface area contributed by atoms with Crippen LogP contribution in [0.2, 0.25) is 0 Å². The Kier molecular flexibility index (Phi) is 23.2. The summed E-state index contributed by atoms with van der Waals surface area (Å²) in [6, 6.07) is 0. The lowest BCUT2D eigenvalue weighted by Crippen LogP contribution is -2.15. The number of hydrogen-bond donors (Lipinski definition) is 0. The molecule has 1 rings (SSSR count). The summed E-state index contributed by atoms with van der Waals surface area (Å²) in [6.07, 6.45) is 17.7. The maximum atomic E-state index is 4.19. The fraction of sp³-hybridized carbons (Fsp3) is 0.810. The number of allylic oxidation sites excluding steroid dienone is 1. The molecule has 0 heteroatoms. The van der Waals surface area contributed by atoms with Gasteiger partial charge in [-0.3, -0.25) is 0 Å². The van der Waals surface area contributed by atoms with E-state index in [1.807, 2.05) is 13.8 Å². The molecule has 0 aromatic rings. The van der Waals surface area contributed by atoms with Crippen LogP contribution in [0.25, 0.3) is 0 Å². The van der Waals surface area contributed by atoms with Crippen LogP contribution in [-0.2, 0) is 0 Å². The zero-order valence-electron chi connectivity index (χ0n) is 16.0. The Hall–Kier alpha value is -0.700. The van der Waals surface area contributed by atoms with Crippen molar-refractivity contribution >= 4 is 0 Å². The van der Waals surface area contributed by atoms with E-state index in [2.05, 4.69) is 54.0 Å². The zero-order valence-corrected chi connectivity index (χ0v) is 16.0. The van der Waals surface area contributed by atoms with Gasteiger partial charge in [0.05, 0.1) is 0 Å². The van der Waals surface area contributed by atoms with Crippen molar-refractivity contribution in [3.63, 3.8) is 0 Å². The first kappa shape index (κ1) is 25.3. The van der Waals surface area contributed by atoms with Gasteiger partial charge in [-0.25, -0.2) is 0 Å². The molecule has 1 fully saturated rings. The number of terminal acetylenes is 1. The second kappa shape index (κ2) is 19.3. The maximum absolute atomic E-state index is 4.19. The van der Waals surface area contributed by atoms with E-state index < -0.39 is 0 Å². The summed E-state index contributed by atoms with van der Waals surface area (Å²) in [4.78, 5) is 0. The van der Waals surface area contributed by atoms with Gasteiger partial charge in [-0.05, 0) is 37.0 Å². The highest BCUT2D eigenvalue weighted by Crippen LogP contribution is 2.34. The van der Waals surface area contributed by atoms with Crippen LogP contribution in [-0.4, -0.2) is 0 Å². The lowest BCUT2D eigenvalue weighted by atomic mass is 9.77. The molecule has 0 spiro atoms. The van der Waals surface area contributed by atoms with Crippen molar-refractivity contribution in [1.29, 1.82) is 0 Å². The van der Waals surface area contributed by atoms with Crippen LogP contribution in [0.4, 0.5) is 0 Å². The Morgan fingerprint density at radius 3 is 1.57 bits per heavy atom. The summed E-state index contributed by atoms with van der Waals surface area (Å²) in [7, 11) is 0. The van der Waals surface area contributed by atoms with Gasteiger partial charge in [0.25, 0.3) is 0 Å². The Bertz CT molecular complexity index is 213. The molecule has 0 amide bonds. The van der Waals surface area contributed by atoms with Crippen molar-refractivity contribution < 1.29 is 0 Å². The molecule has 126 valence electrons. The Morgan fingerprint density at radius 2 is 1.29 bits per heavy atom. The van der Waals surface area contributed by atoms with Crippen molar-refractivity contribution in [3.8, 4) is 12.8 Å². The molecule has 0 heterocycles. The van der Waals surface area contributed by atoms with E-state index in [1.54, 1.807) is 0 Å². The van der Waals surface area contributed by atoms with Gasteiger partial charge in [-0.1, -0.05) is 86.3 Å². The second-order valence-electron chi connectivity index (χ2n) is 6.02. The lowest BCUT2D eigenvalue weighted by Gasteiger charge is -2.28. The quantitative estimate of drug-likeness (QED) is 0.372. The molecule has 0 aromatic carbocycles. The standard InChI is InChI=1S/C14H26.C3H8.C2H6.C2H2/c1-5-13-6-8-14(9-7-13)10-12(4)11(2)3;1-3-2;2*1-2/h11,13-14H,4-10H2,1-3H3;3H2,1-2H3;1-2H3;1-2H. The van der Waals surface area contributed by atoms with Crippen LogP contribution < -0.4 is 0 Å². The average molecular weight is 295 g/mol. The Labute approximate surface area is 136 Å². The monoisotopic (exact) mass is 294 g/mol. The molecule has 1 aliphatic rings. The lowest BCUT2D eigenvalue weighted by molar-refractivity contribution is 0.265. The fourth-order valence-electron chi connectivity index (χ4n) is 2.45. The summed E-state index contributed by atoms with van der Waals surface area (Å²) in [5.74, 6) is 2.66. The number of rotatable bonds is 4. The maximum Gasteiger partial charge on any atom is -0.0263 e. The van der Waals surface area contributed by atoms with Crippen molar-refractivity contribution in [1.82, 2.24) is 0 Å². The van der Waals surface area contributed by atoms with Gasteiger partial charge < -0.3 is 0 Å². The summed E-state index contributed by atoms with van der Waals surface area (Å²) in [6.45, 7) is 19.3. The molecule has 0 unspecified atom stereocenters. The van der Waals surface area contributed by atoms with E-state index in [1.165, 1.54) is 50.5 Å². The number of hydrogen-bond acceptors (Lipinski definition) is 0. The molecule has 0 saturated heterocycles. The van der Waals surface area contributed by atoms with Gasteiger partial charge in [0.15, 0.2) is 0 Å². The molecular weight excluding hydrogens is 252 g/mol. The third kappa shape index (κ3) is 15.5. The highest BCUT2D eigenvalue weighted by Gasteiger charge is 2.20. The van der Waals surface area contributed by atoms with E-state index in [0.29, 0.717) is 5.92 Å². The first-order valence-electron chi connectivity index (χ1n) is 9.05. The average Bonchev–Trinajstić information content (AvgIpc) is 2.52. The molecule has 21 heavy (non-hydrogen) atoms. The molecule has 0 aliphatic heterocycles. The van der Waals surface area contributed by atoms with E-state index in [-0.39, 0.29) is 0 Å². The summed E-state index contributed by atoms with van der Waals surface area (Å²) < 4.78 is 0. The predicted molar refractivity (Wildman–Crippen MR) is 102 cm³/mol. The first-order chi connectivity index (χ1) is 10.0. The van der Waals surface area contributed by atoms with Gasteiger partial charge in [0, 0.05) is 0 Å². The van der Waals surface area contributed by atoms with Crippen molar-refractivity contribution in [3.05, 3.63) is 12.2 Å². The summed E-state index contributed by atoms with van der Waals surface area (Å²) >= 11 is 0. The molecule has 1 aliphatic carbocycles. The van der Waals surface area contributed by atoms with Gasteiger partial charge >= 0.3 is 0 Å². The van der Waals surface area contributed by atoms with E-state index in [9.17, 15) is 0 Å². The SMILES string of the molecule is C#C.C=C(CC1CCC(CC)CC1)C(C)C.CC.CCC. The molecule has 0 bridgehead atoms. The molecule has 1 saturated carbocycles. The van der Waals surface area contributed by atoms with Crippen LogP contribution in [0, 0.1) is 30.6 Å². The molecule has 0 aromatic heterocycles. The van der Waals surface area contributed by atoms with E-state index in [4.69, 9.17) is 0 Å². The Morgan fingerprint density at radius 1 is 0.952 bits per heavy atom. The van der Waals surface area contributed by atoms with Gasteiger partial charge in [-0.2, -0.15) is 0 Å². The van der Waals surface area contributed by atoms with Gasteiger partial charge in [-0.15, -0.1) is 12.8 Å². The minimum Gasteiger partial charge on any atom is -0.124 e. The zero-order chi connectivity index (χ0) is 17.3. The third-order valence-corrected chi connectivity index (χ3v) is 3.91.